The summed E-state index contributed by atoms with van der Waals surface area (Å²) in [4.78, 5) is 4.23. The van der Waals surface area contributed by atoms with Crippen molar-refractivity contribution >= 4 is 41.5 Å². The quantitative estimate of drug-likeness (QED) is 0.274. The Morgan fingerprint density at radius 1 is 1.17 bits per heavy atom. The van der Waals surface area contributed by atoms with E-state index in [9.17, 15) is 0 Å². The Bertz CT molecular complexity index is 584. The van der Waals surface area contributed by atoms with E-state index in [0.29, 0.717) is 0 Å². The van der Waals surface area contributed by atoms with Crippen molar-refractivity contribution in [3.63, 3.8) is 0 Å². The Labute approximate surface area is 165 Å². The fourth-order valence-electron chi connectivity index (χ4n) is 2.25. The minimum absolute atomic E-state index is 0. The number of guanidine groups is 1. The molecule has 0 aliphatic carbocycles. The van der Waals surface area contributed by atoms with Gasteiger partial charge in [-0.15, -0.1) is 24.0 Å². The molecule has 1 heterocycles. The first kappa shape index (κ1) is 20.8. The predicted octanol–water partition coefficient (Wildman–Crippen LogP) is 3.34. The lowest BCUT2D eigenvalue weighted by Gasteiger charge is -2.12. The van der Waals surface area contributed by atoms with Crippen LogP contribution in [0.2, 0.25) is 5.02 Å². The molecule has 2 rings (SSSR count). The van der Waals surface area contributed by atoms with Crippen LogP contribution in [0.4, 0.5) is 0 Å². The summed E-state index contributed by atoms with van der Waals surface area (Å²) in [5.74, 6) is 0.849. The number of aromatic nitrogens is 2. The highest BCUT2D eigenvalue weighted by Gasteiger charge is 1.98. The van der Waals surface area contributed by atoms with Crippen LogP contribution in [0.15, 0.2) is 47.7 Å². The second kappa shape index (κ2) is 12.1. The maximum absolute atomic E-state index is 5.88. The van der Waals surface area contributed by atoms with Gasteiger partial charge in [0.2, 0.25) is 0 Å². The van der Waals surface area contributed by atoms with Crippen molar-refractivity contribution in [1.29, 1.82) is 0 Å². The maximum atomic E-state index is 5.88. The molecule has 1 aromatic carbocycles. The Hall–Kier alpha value is -1.28. The normalized spacial score (nSPS) is 11.0. The summed E-state index contributed by atoms with van der Waals surface area (Å²) in [6.45, 7) is 2.67. The van der Waals surface area contributed by atoms with E-state index >= 15 is 0 Å². The predicted molar refractivity (Wildman–Crippen MR) is 111 cm³/mol. The Balaban J connectivity index is 0.00000288. The number of nitrogens with one attached hydrogen (secondary N) is 2. The molecule has 132 valence electrons. The Kier molecular flexibility index (Phi) is 10.5. The van der Waals surface area contributed by atoms with Gasteiger partial charge < -0.3 is 10.6 Å². The highest BCUT2D eigenvalue weighted by Crippen LogP contribution is 2.10. The van der Waals surface area contributed by atoms with Crippen molar-refractivity contribution < 1.29 is 0 Å². The molecule has 0 aliphatic heterocycles. The van der Waals surface area contributed by atoms with Gasteiger partial charge in [-0.1, -0.05) is 23.7 Å². The smallest absolute Gasteiger partial charge is 0.190 e. The van der Waals surface area contributed by atoms with Crippen molar-refractivity contribution in [3.8, 4) is 0 Å². The number of aryl methyl sites for hydroxylation is 2. The zero-order valence-electron chi connectivity index (χ0n) is 13.9. The van der Waals surface area contributed by atoms with Gasteiger partial charge >= 0.3 is 0 Å². The fraction of sp³-hybridized carbons (Fsp3) is 0.412. The van der Waals surface area contributed by atoms with Crippen LogP contribution in [0, 0.1) is 0 Å². The molecule has 7 heteroatoms. The first-order valence-corrected chi connectivity index (χ1v) is 8.32. The molecule has 24 heavy (non-hydrogen) atoms. The molecular formula is C17H25ClIN5. The number of rotatable bonds is 8. The topological polar surface area (TPSA) is 54.2 Å². The number of benzene rings is 1. The van der Waals surface area contributed by atoms with Gasteiger partial charge in [-0.3, -0.25) is 9.67 Å². The summed E-state index contributed by atoms with van der Waals surface area (Å²) in [7, 11) is 1.79. The van der Waals surface area contributed by atoms with Crippen LogP contribution >= 0.6 is 35.6 Å². The molecule has 5 nitrogen and oxygen atoms in total. The van der Waals surface area contributed by atoms with E-state index in [1.165, 1.54) is 5.56 Å². The third kappa shape index (κ3) is 8.01. The van der Waals surface area contributed by atoms with Crippen LogP contribution in [0.1, 0.15) is 18.4 Å². The summed E-state index contributed by atoms with van der Waals surface area (Å²) in [5, 5.41) is 11.6. The molecular weight excluding hydrogens is 437 g/mol. The first-order chi connectivity index (χ1) is 11.3. The van der Waals surface area contributed by atoms with E-state index in [-0.39, 0.29) is 24.0 Å². The molecule has 0 aliphatic rings. The SMILES string of the molecule is CN=C(NCCCc1ccc(Cl)cc1)NCCCn1cccn1.I. The second-order valence-corrected chi connectivity index (χ2v) is 5.71. The largest absolute Gasteiger partial charge is 0.356 e. The van der Waals surface area contributed by atoms with Crippen molar-refractivity contribution in [2.75, 3.05) is 20.1 Å². The lowest BCUT2D eigenvalue weighted by Crippen LogP contribution is -2.38. The lowest BCUT2D eigenvalue weighted by atomic mass is 10.1. The van der Waals surface area contributed by atoms with Gasteiger partial charge in [0.1, 0.15) is 0 Å². The van der Waals surface area contributed by atoms with Crippen LogP contribution in [0.25, 0.3) is 0 Å². The van der Waals surface area contributed by atoms with Crippen LogP contribution in [-0.4, -0.2) is 35.9 Å². The van der Waals surface area contributed by atoms with E-state index in [0.717, 1.165) is 49.9 Å². The number of halogens is 2. The number of aliphatic imine (C=N–C) groups is 1. The number of hydrogen-bond acceptors (Lipinski definition) is 2. The lowest BCUT2D eigenvalue weighted by molar-refractivity contribution is 0.570. The zero-order valence-corrected chi connectivity index (χ0v) is 17.0. The number of nitrogens with zero attached hydrogens (tertiary/aromatic N) is 3. The zero-order chi connectivity index (χ0) is 16.3. The molecule has 0 atom stereocenters. The molecule has 0 bridgehead atoms. The summed E-state index contributed by atoms with van der Waals surface area (Å²) >= 11 is 5.88. The van der Waals surface area contributed by atoms with Crippen LogP contribution < -0.4 is 10.6 Å². The summed E-state index contributed by atoms with van der Waals surface area (Å²) in [5.41, 5.74) is 1.30. The Morgan fingerprint density at radius 3 is 2.50 bits per heavy atom. The van der Waals surface area contributed by atoms with Crippen LogP contribution in [0.3, 0.4) is 0 Å². The summed E-state index contributed by atoms with van der Waals surface area (Å²) < 4.78 is 1.93. The highest BCUT2D eigenvalue weighted by molar-refractivity contribution is 14.0. The minimum Gasteiger partial charge on any atom is -0.356 e. The standard InChI is InChI=1S/C17H24ClN5.HI/c1-19-17(21-11-3-13-23-14-4-12-22-23)20-10-2-5-15-6-8-16(18)9-7-15;/h4,6-9,12,14H,2-3,5,10-11,13H2,1H3,(H2,19,20,21);1H. The highest BCUT2D eigenvalue weighted by atomic mass is 127. The van der Waals surface area contributed by atoms with Gasteiger partial charge in [-0.2, -0.15) is 5.10 Å². The minimum atomic E-state index is 0. The van der Waals surface area contributed by atoms with Gasteiger partial charge in [-0.25, -0.2) is 0 Å². The van der Waals surface area contributed by atoms with Crippen molar-refractivity contribution in [2.24, 2.45) is 4.99 Å². The average Bonchev–Trinajstić information content (AvgIpc) is 3.08. The Morgan fingerprint density at radius 2 is 1.88 bits per heavy atom. The monoisotopic (exact) mass is 461 g/mol. The van der Waals surface area contributed by atoms with E-state index < -0.39 is 0 Å². The molecule has 2 N–H and O–H groups in total. The molecule has 0 unspecified atom stereocenters. The molecule has 1 aromatic heterocycles. The molecule has 0 saturated carbocycles. The van der Waals surface area contributed by atoms with Gasteiger partial charge in [-0.05, 0) is 43.0 Å². The molecule has 0 saturated heterocycles. The van der Waals surface area contributed by atoms with Crippen molar-refractivity contribution in [1.82, 2.24) is 20.4 Å². The van der Waals surface area contributed by atoms with Gasteiger partial charge in [0.15, 0.2) is 5.96 Å². The average molecular weight is 462 g/mol. The maximum Gasteiger partial charge on any atom is 0.190 e. The molecule has 0 radical (unpaired) electrons. The van der Waals surface area contributed by atoms with Crippen LogP contribution in [0.5, 0.6) is 0 Å². The number of hydrogen-bond donors (Lipinski definition) is 2. The molecule has 2 aromatic rings. The third-order valence-electron chi connectivity index (χ3n) is 3.49. The third-order valence-corrected chi connectivity index (χ3v) is 3.74. The molecule has 0 amide bonds. The van der Waals surface area contributed by atoms with Crippen molar-refractivity contribution in [2.45, 2.75) is 25.8 Å². The first-order valence-electron chi connectivity index (χ1n) is 7.94. The van der Waals surface area contributed by atoms with Gasteiger partial charge in [0.25, 0.3) is 0 Å². The van der Waals surface area contributed by atoms with E-state index in [1.54, 1.807) is 13.2 Å². The fourth-order valence-corrected chi connectivity index (χ4v) is 2.38. The van der Waals surface area contributed by atoms with Gasteiger partial charge in [0.05, 0.1) is 0 Å². The van der Waals surface area contributed by atoms with E-state index in [2.05, 4.69) is 32.9 Å². The van der Waals surface area contributed by atoms with Crippen LogP contribution in [-0.2, 0) is 13.0 Å². The summed E-state index contributed by atoms with van der Waals surface area (Å²) in [6.07, 6.45) is 6.86. The van der Waals surface area contributed by atoms with Gasteiger partial charge in [0, 0.05) is 44.1 Å². The molecule has 0 spiro atoms. The molecule has 0 fully saturated rings. The second-order valence-electron chi connectivity index (χ2n) is 5.28. The van der Waals surface area contributed by atoms with E-state index in [4.69, 9.17) is 11.6 Å². The van der Waals surface area contributed by atoms with Crippen molar-refractivity contribution in [3.05, 3.63) is 53.3 Å². The van der Waals surface area contributed by atoms with E-state index in [1.807, 2.05) is 29.1 Å². The summed E-state index contributed by atoms with van der Waals surface area (Å²) in [6, 6.07) is 9.96.